The van der Waals surface area contributed by atoms with Crippen LogP contribution in [0.4, 0.5) is 0 Å². The van der Waals surface area contributed by atoms with E-state index in [1.54, 1.807) is 0 Å². The molecule has 4 nitrogen and oxygen atoms in total. The van der Waals surface area contributed by atoms with Gasteiger partial charge in [0, 0.05) is 19.5 Å². The molecular weight excluding hydrogens is 260 g/mol. The lowest BCUT2D eigenvalue weighted by atomic mass is 10.1. The monoisotopic (exact) mass is 286 g/mol. The van der Waals surface area contributed by atoms with Gasteiger partial charge in [-0.1, -0.05) is 18.5 Å². The molecule has 1 rings (SSSR count). The number of hydrogen-bond donors (Lipinski definition) is 1. The highest BCUT2D eigenvalue weighted by molar-refractivity contribution is 6.31. The second kappa shape index (κ2) is 7.88. The first-order chi connectivity index (χ1) is 8.95. The molecule has 1 aromatic rings. The highest BCUT2D eigenvalue weighted by Crippen LogP contribution is 2.21. The van der Waals surface area contributed by atoms with Crippen molar-refractivity contribution < 1.29 is 0 Å². The molecule has 0 bridgehead atoms. The first-order valence-corrected chi connectivity index (χ1v) is 7.39. The first-order valence-electron chi connectivity index (χ1n) is 7.01. The molecule has 0 aliphatic heterocycles. The highest BCUT2D eigenvalue weighted by atomic mass is 35.5. The van der Waals surface area contributed by atoms with Crippen molar-refractivity contribution in [2.75, 3.05) is 27.2 Å². The van der Waals surface area contributed by atoms with Crippen molar-refractivity contribution in [3.63, 3.8) is 0 Å². The Balaban J connectivity index is 2.69. The lowest BCUT2D eigenvalue weighted by molar-refractivity contribution is 0.354. The lowest BCUT2D eigenvalue weighted by Crippen LogP contribution is -2.35. The maximum Gasteiger partial charge on any atom is 0.0847 e. The zero-order valence-electron chi connectivity index (χ0n) is 12.8. The van der Waals surface area contributed by atoms with Crippen LogP contribution >= 0.6 is 11.6 Å². The quantitative estimate of drug-likeness (QED) is 0.796. The van der Waals surface area contributed by atoms with E-state index >= 15 is 0 Å². The van der Waals surface area contributed by atoms with Crippen LogP contribution in [0.25, 0.3) is 0 Å². The SMILES string of the molecule is CCCNC(CCN(C)C)Cc1c(Cl)c(C)nn1C. The number of aryl methyl sites for hydroxylation is 2. The number of halogens is 1. The number of nitrogens with one attached hydrogen (secondary N) is 1. The van der Waals surface area contributed by atoms with Gasteiger partial charge in [-0.25, -0.2) is 0 Å². The average Bonchev–Trinajstić information content (AvgIpc) is 2.58. The summed E-state index contributed by atoms with van der Waals surface area (Å²) in [6.45, 7) is 6.28. The number of rotatable bonds is 8. The minimum atomic E-state index is 0.453. The molecule has 0 fully saturated rings. The molecule has 1 heterocycles. The minimum Gasteiger partial charge on any atom is -0.314 e. The molecule has 0 aliphatic carbocycles. The summed E-state index contributed by atoms with van der Waals surface area (Å²) in [6, 6.07) is 0.453. The van der Waals surface area contributed by atoms with Crippen LogP contribution in [0.5, 0.6) is 0 Å². The zero-order chi connectivity index (χ0) is 14.4. The molecule has 0 radical (unpaired) electrons. The van der Waals surface area contributed by atoms with E-state index in [0.29, 0.717) is 6.04 Å². The van der Waals surface area contributed by atoms with Gasteiger partial charge in [0.25, 0.3) is 0 Å². The molecule has 0 aromatic carbocycles. The van der Waals surface area contributed by atoms with Gasteiger partial charge in [-0.3, -0.25) is 4.68 Å². The largest absolute Gasteiger partial charge is 0.314 e. The fourth-order valence-electron chi connectivity index (χ4n) is 2.17. The number of aromatic nitrogens is 2. The summed E-state index contributed by atoms with van der Waals surface area (Å²) in [5.74, 6) is 0. The maximum absolute atomic E-state index is 6.33. The van der Waals surface area contributed by atoms with Crippen molar-refractivity contribution in [2.24, 2.45) is 7.05 Å². The molecule has 0 spiro atoms. The number of nitrogens with zero attached hydrogens (tertiary/aromatic N) is 3. The van der Waals surface area contributed by atoms with Crippen LogP contribution in [0.3, 0.4) is 0 Å². The van der Waals surface area contributed by atoms with E-state index in [2.05, 4.69) is 36.3 Å². The summed E-state index contributed by atoms with van der Waals surface area (Å²) in [4.78, 5) is 2.22. The molecule has 19 heavy (non-hydrogen) atoms. The Morgan fingerprint density at radius 3 is 2.58 bits per heavy atom. The van der Waals surface area contributed by atoms with Gasteiger partial charge < -0.3 is 10.2 Å². The van der Waals surface area contributed by atoms with Gasteiger partial charge >= 0.3 is 0 Å². The third-order valence-corrected chi connectivity index (χ3v) is 3.80. The van der Waals surface area contributed by atoms with Gasteiger partial charge in [0.05, 0.1) is 16.4 Å². The van der Waals surface area contributed by atoms with Crippen LogP contribution < -0.4 is 5.32 Å². The van der Waals surface area contributed by atoms with Gasteiger partial charge in [0.2, 0.25) is 0 Å². The summed E-state index contributed by atoms with van der Waals surface area (Å²) in [6.07, 6.45) is 3.20. The van der Waals surface area contributed by atoms with Crippen molar-refractivity contribution >= 4 is 11.6 Å². The Bertz CT molecular complexity index is 387. The second-order valence-corrected chi connectivity index (χ2v) is 5.79. The van der Waals surface area contributed by atoms with E-state index in [-0.39, 0.29) is 0 Å². The smallest absolute Gasteiger partial charge is 0.0847 e. The van der Waals surface area contributed by atoms with Gasteiger partial charge in [-0.05, 0) is 47.0 Å². The van der Waals surface area contributed by atoms with E-state index in [1.807, 2.05) is 18.7 Å². The Labute approximate surface area is 122 Å². The topological polar surface area (TPSA) is 33.1 Å². The van der Waals surface area contributed by atoms with Crippen LogP contribution in [-0.2, 0) is 13.5 Å². The van der Waals surface area contributed by atoms with Crippen molar-refractivity contribution in [2.45, 2.75) is 39.2 Å². The Morgan fingerprint density at radius 2 is 2.11 bits per heavy atom. The van der Waals surface area contributed by atoms with Crippen LogP contribution in [0, 0.1) is 6.92 Å². The lowest BCUT2D eigenvalue weighted by Gasteiger charge is -2.21. The maximum atomic E-state index is 6.33. The van der Waals surface area contributed by atoms with Crippen LogP contribution in [0.15, 0.2) is 0 Å². The molecular formula is C14H27ClN4. The summed E-state index contributed by atoms with van der Waals surface area (Å²) < 4.78 is 1.91. The minimum absolute atomic E-state index is 0.453. The molecule has 110 valence electrons. The normalized spacial score (nSPS) is 13.2. The molecule has 1 unspecified atom stereocenters. The predicted molar refractivity (Wildman–Crippen MR) is 81.9 cm³/mol. The zero-order valence-corrected chi connectivity index (χ0v) is 13.6. The van der Waals surface area contributed by atoms with Crippen LogP contribution in [0.1, 0.15) is 31.2 Å². The van der Waals surface area contributed by atoms with E-state index < -0.39 is 0 Å². The highest BCUT2D eigenvalue weighted by Gasteiger charge is 2.16. The molecule has 0 saturated heterocycles. The van der Waals surface area contributed by atoms with Gasteiger partial charge in [0.15, 0.2) is 0 Å². The van der Waals surface area contributed by atoms with Crippen molar-refractivity contribution in [1.82, 2.24) is 20.0 Å². The third-order valence-electron chi connectivity index (χ3n) is 3.31. The second-order valence-electron chi connectivity index (χ2n) is 5.42. The van der Waals surface area contributed by atoms with Gasteiger partial charge in [-0.2, -0.15) is 5.10 Å². The van der Waals surface area contributed by atoms with Gasteiger partial charge in [-0.15, -0.1) is 0 Å². The molecule has 1 N–H and O–H groups in total. The third kappa shape index (κ3) is 5.13. The van der Waals surface area contributed by atoms with Crippen molar-refractivity contribution in [1.29, 1.82) is 0 Å². The van der Waals surface area contributed by atoms with E-state index in [0.717, 1.165) is 48.8 Å². The number of hydrogen-bond acceptors (Lipinski definition) is 3. The van der Waals surface area contributed by atoms with Crippen molar-refractivity contribution in [3.8, 4) is 0 Å². The first kappa shape index (κ1) is 16.5. The predicted octanol–water partition coefficient (Wildman–Crippen LogP) is 2.24. The van der Waals surface area contributed by atoms with Crippen LogP contribution in [0.2, 0.25) is 5.02 Å². The summed E-state index contributed by atoms with van der Waals surface area (Å²) in [7, 11) is 6.19. The van der Waals surface area contributed by atoms with E-state index in [1.165, 1.54) is 0 Å². The standard InChI is InChI=1S/C14H27ClN4/c1-6-8-16-12(7-9-18(3)4)10-13-14(15)11(2)17-19(13)5/h12,16H,6-10H2,1-5H3. The molecule has 0 amide bonds. The fourth-order valence-corrected chi connectivity index (χ4v) is 2.41. The Morgan fingerprint density at radius 1 is 1.42 bits per heavy atom. The molecule has 1 aromatic heterocycles. The summed E-state index contributed by atoms with van der Waals surface area (Å²) in [5, 5.41) is 8.81. The fraction of sp³-hybridized carbons (Fsp3) is 0.786. The Kier molecular flexibility index (Phi) is 6.83. The molecule has 5 heteroatoms. The van der Waals surface area contributed by atoms with Gasteiger partial charge in [0.1, 0.15) is 0 Å². The molecule has 1 atom stereocenters. The van der Waals surface area contributed by atoms with Crippen LogP contribution in [-0.4, -0.2) is 47.9 Å². The molecule has 0 aliphatic rings. The molecule has 0 saturated carbocycles. The summed E-state index contributed by atoms with van der Waals surface area (Å²) in [5.41, 5.74) is 2.05. The Hall–Kier alpha value is -0.580. The van der Waals surface area contributed by atoms with E-state index in [9.17, 15) is 0 Å². The summed E-state index contributed by atoms with van der Waals surface area (Å²) >= 11 is 6.33. The average molecular weight is 287 g/mol. The van der Waals surface area contributed by atoms with Crippen molar-refractivity contribution in [3.05, 3.63) is 16.4 Å². The van der Waals surface area contributed by atoms with E-state index in [4.69, 9.17) is 11.6 Å².